The first kappa shape index (κ1) is 13.8. The molecule has 0 saturated carbocycles. The van der Waals surface area contributed by atoms with Crippen LogP contribution >= 0.6 is 0 Å². The van der Waals surface area contributed by atoms with E-state index in [-0.39, 0.29) is 0 Å². The Morgan fingerprint density at radius 2 is 1.68 bits per heavy atom. The molecule has 0 spiro atoms. The lowest BCUT2D eigenvalue weighted by Gasteiger charge is -1.99. The van der Waals surface area contributed by atoms with Gasteiger partial charge < -0.3 is 4.98 Å². The van der Waals surface area contributed by atoms with Gasteiger partial charge in [0, 0.05) is 6.21 Å². The number of aromatic nitrogens is 2. The van der Waals surface area contributed by atoms with Gasteiger partial charge in [0.15, 0.2) is 0 Å². The third-order valence-electron chi connectivity index (χ3n) is 3.14. The average molecular weight is 291 g/mol. The van der Waals surface area contributed by atoms with Gasteiger partial charge in [-0.15, -0.1) is 4.68 Å². The Kier molecular flexibility index (Phi) is 3.78. The molecular weight excluding hydrogens is 278 g/mol. The molecule has 5 heteroatoms. The average Bonchev–Trinajstić information content (AvgIpc) is 2.55. The summed E-state index contributed by atoms with van der Waals surface area (Å²) in [6.45, 7) is 0. The number of allylic oxidation sites excluding steroid dienone is 1. The summed E-state index contributed by atoms with van der Waals surface area (Å²) in [4.78, 5) is 26.7. The number of fused-ring (bicyclic) bond motifs is 1. The van der Waals surface area contributed by atoms with Crippen molar-refractivity contribution in [3.05, 3.63) is 87.1 Å². The quantitative estimate of drug-likeness (QED) is 0.752. The second-order valence-corrected chi connectivity index (χ2v) is 4.63. The second-order valence-electron chi connectivity index (χ2n) is 4.63. The van der Waals surface area contributed by atoms with Crippen LogP contribution in [0.1, 0.15) is 5.56 Å². The van der Waals surface area contributed by atoms with Gasteiger partial charge in [0.1, 0.15) is 0 Å². The van der Waals surface area contributed by atoms with Crippen LogP contribution in [0.4, 0.5) is 0 Å². The Hall–Kier alpha value is -3.21. The number of hydrogen-bond donors (Lipinski definition) is 1. The predicted molar refractivity (Wildman–Crippen MR) is 88.2 cm³/mol. The van der Waals surface area contributed by atoms with Crippen molar-refractivity contribution in [3.63, 3.8) is 0 Å². The maximum Gasteiger partial charge on any atom is 0.349 e. The fraction of sp³-hybridized carbons (Fsp3) is 0. The van der Waals surface area contributed by atoms with E-state index < -0.39 is 11.2 Å². The second kappa shape index (κ2) is 6.05. The van der Waals surface area contributed by atoms with Gasteiger partial charge in [-0.2, -0.15) is 5.10 Å². The molecule has 0 saturated heterocycles. The lowest BCUT2D eigenvalue weighted by Crippen LogP contribution is -2.32. The number of rotatable bonds is 3. The molecule has 108 valence electrons. The van der Waals surface area contributed by atoms with Gasteiger partial charge in [0.05, 0.1) is 10.9 Å². The molecule has 2 aromatic carbocycles. The molecular formula is C17H13N3O2. The molecule has 0 amide bonds. The van der Waals surface area contributed by atoms with Gasteiger partial charge >= 0.3 is 5.69 Å². The summed E-state index contributed by atoms with van der Waals surface area (Å²) < 4.78 is 0.817. The van der Waals surface area contributed by atoms with Gasteiger partial charge in [-0.25, -0.2) is 4.79 Å². The Balaban J connectivity index is 1.94. The smallest absolute Gasteiger partial charge is 0.305 e. The first-order chi connectivity index (χ1) is 10.8. The molecule has 3 rings (SSSR count). The van der Waals surface area contributed by atoms with Gasteiger partial charge in [-0.1, -0.05) is 48.5 Å². The van der Waals surface area contributed by atoms with Crippen molar-refractivity contribution in [1.82, 2.24) is 9.66 Å². The van der Waals surface area contributed by atoms with Crippen LogP contribution in [0.15, 0.2) is 75.4 Å². The van der Waals surface area contributed by atoms with Gasteiger partial charge in [0.25, 0.3) is 5.56 Å². The van der Waals surface area contributed by atoms with E-state index in [2.05, 4.69) is 10.1 Å². The van der Waals surface area contributed by atoms with E-state index >= 15 is 0 Å². The highest BCUT2D eigenvalue weighted by molar-refractivity contribution is 5.79. The zero-order valence-corrected chi connectivity index (χ0v) is 11.6. The number of nitrogens with one attached hydrogen (secondary N) is 1. The van der Waals surface area contributed by atoms with E-state index in [4.69, 9.17) is 0 Å². The van der Waals surface area contributed by atoms with Crippen molar-refractivity contribution < 1.29 is 0 Å². The van der Waals surface area contributed by atoms with E-state index in [1.54, 1.807) is 30.3 Å². The molecule has 0 radical (unpaired) electrons. The number of H-pyrrole nitrogens is 1. The molecule has 0 aliphatic carbocycles. The maximum atomic E-state index is 12.2. The summed E-state index contributed by atoms with van der Waals surface area (Å²) in [5.74, 6) is 0. The van der Waals surface area contributed by atoms with Crippen molar-refractivity contribution in [3.8, 4) is 0 Å². The molecule has 3 aromatic rings. The lowest BCUT2D eigenvalue weighted by atomic mass is 10.2. The molecule has 0 aliphatic heterocycles. The summed E-state index contributed by atoms with van der Waals surface area (Å²) >= 11 is 0. The Labute approximate surface area is 125 Å². The van der Waals surface area contributed by atoms with E-state index in [1.807, 2.05) is 36.4 Å². The van der Waals surface area contributed by atoms with E-state index in [1.165, 1.54) is 6.21 Å². The van der Waals surface area contributed by atoms with Crippen LogP contribution < -0.4 is 11.2 Å². The summed E-state index contributed by atoms with van der Waals surface area (Å²) in [5.41, 5.74) is 0.509. The SMILES string of the molecule is O=c1[nH]c2ccccc2c(=O)n1N=C/C=C/c1ccccc1. The molecule has 22 heavy (non-hydrogen) atoms. The minimum Gasteiger partial charge on any atom is -0.305 e. The normalized spacial score (nSPS) is 11.6. The minimum atomic E-state index is -0.562. The van der Waals surface area contributed by atoms with Gasteiger partial charge in [0.2, 0.25) is 0 Å². The topological polar surface area (TPSA) is 67.2 Å². The highest BCUT2D eigenvalue weighted by atomic mass is 16.2. The molecule has 1 heterocycles. The molecule has 1 N–H and O–H groups in total. The van der Waals surface area contributed by atoms with Crippen LogP contribution in [0, 0.1) is 0 Å². The molecule has 0 atom stereocenters. The van der Waals surface area contributed by atoms with Crippen molar-refractivity contribution >= 4 is 23.2 Å². The Morgan fingerprint density at radius 3 is 2.50 bits per heavy atom. The van der Waals surface area contributed by atoms with Gasteiger partial charge in [-0.3, -0.25) is 4.79 Å². The van der Waals surface area contributed by atoms with Crippen molar-refractivity contribution in [1.29, 1.82) is 0 Å². The zero-order valence-electron chi connectivity index (χ0n) is 11.6. The highest BCUT2D eigenvalue weighted by Crippen LogP contribution is 2.03. The van der Waals surface area contributed by atoms with Crippen molar-refractivity contribution in [2.24, 2.45) is 5.10 Å². The fourth-order valence-electron chi connectivity index (χ4n) is 2.08. The molecule has 0 unspecified atom stereocenters. The molecule has 5 nitrogen and oxygen atoms in total. The summed E-state index contributed by atoms with van der Waals surface area (Å²) in [7, 11) is 0. The van der Waals surface area contributed by atoms with Crippen LogP contribution in [0.3, 0.4) is 0 Å². The number of hydrogen-bond acceptors (Lipinski definition) is 3. The summed E-state index contributed by atoms with van der Waals surface area (Å²) in [5, 5.41) is 4.34. The Morgan fingerprint density at radius 1 is 0.955 bits per heavy atom. The number of nitrogens with zero attached hydrogens (tertiary/aromatic N) is 2. The van der Waals surface area contributed by atoms with E-state index in [9.17, 15) is 9.59 Å². The first-order valence-corrected chi connectivity index (χ1v) is 6.76. The number of benzene rings is 2. The molecule has 1 aromatic heterocycles. The van der Waals surface area contributed by atoms with Crippen molar-refractivity contribution in [2.45, 2.75) is 0 Å². The van der Waals surface area contributed by atoms with Crippen LogP contribution in [-0.2, 0) is 0 Å². The minimum absolute atomic E-state index is 0.422. The zero-order chi connectivity index (χ0) is 15.4. The van der Waals surface area contributed by atoms with E-state index in [0.717, 1.165) is 10.2 Å². The van der Waals surface area contributed by atoms with Gasteiger partial charge in [-0.05, 0) is 23.8 Å². The van der Waals surface area contributed by atoms with Crippen LogP contribution in [0.25, 0.3) is 17.0 Å². The standard InChI is InChI=1S/C17H13N3O2/c21-16-14-10-4-5-11-15(14)19-17(22)20(16)18-12-6-9-13-7-2-1-3-8-13/h1-12H,(H,19,22)/b9-6+,18-12?. The predicted octanol–water partition coefficient (Wildman–Crippen LogP) is 2.24. The largest absolute Gasteiger partial charge is 0.349 e. The summed E-state index contributed by atoms with van der Waals surface area (Å²) in [6.07, 6.45) is 4.93. The third-order valence-corrected chi connectivity index (χ3v) is 3.14. The monoisotopic (exact) mass is 291 g/mol. The third kappa shape index (κ3) is 2.78. The van der Waals surface area contributed by atoms with Crippen LogP contribution in [0.2, 0.25) is 0 Å². The molecule has 0 aliphatic rings. The van der Waals surface area contributed by atoms with Crippen molar-refractivity contribution in [2.75, 3.05) is 0 Å². The summed E-state index contributed by atoms with van der Waals surface area (Å²) in [6, 6.07) is 16.5. The molecule has 0 bridgehead atoms. The fourth-order valence-corrected chi connectivity index (χ4v) is 2.08. The van der Waals surface area contributed by atoms with Crippen LogP contribution in [-0.4, -0.2) is 15.9 Å². The number of aromatic amines is 1. The van der Waals surface area contributed by atoms with Crippen LogP contribution in [0.5, 0.6) is 0 Å². The first-order valence-electron chi connectivity index (χ1n) is 6.76. The lowest BCUT2D eigenvalue weighted by molar-refractivity contribution is 0.772. The maximum absolute atomic E-state index is 12.2. The number of para-hydroxylation sites is 1. The van der Waals surface area contributed by atoms with E-state index in [0.29, 0.717) is 10.9 Å². The molecule has 0 fully saturated rings. The highest BCUT2D eigenvalue weighted by Gasteiger charge is 2.04. The Bertz CT molecular complexity index is 966.